The van der Waals surface area contributed by atoms with Crippen LogP contribution in [-0.4, -0.2) is 12.4 Å². The van der Waals surface area contributed by atoms with E-state index in [-0.39, 0.29) is 0 Å². The van der Waals surface area contributed by atoms with E-state index in [9.17, 15) is 13.2 Å². The number of rotatable bonds is 1. The normalized spacial score (nSPS) is 15.9. The van der Waals surface area contributed by atoms with E-state index in [1.54, 1.807) is 0 Å². The molecule has 0 radical (unpaired) electrons. The summed E-state index contributed by atoms with van der Waals surface area (Å²) >= 11 is 0. The van der Waals surface area contributed by atoms with Crippen LogP contribution in [0.4, 0.5) is 13.2 Å². The Morgan fingerprint density at radius 1 is 1.19 bits per heavy atom. The van der Waals surface area contributed by atoms with Crippen LogP contribution < -0.4 is 0 Å². The molecule has 2 rings (SSSR count). The first-order chi connectivity index (χ1) is 7.47. The van der Waals surface area contributed by atoms with Crippen molar-refractivity contribution in [1.82, 2.24) is 0 Å². The molecule has 2 nitrogen and oxygen atoms in total. The van der Waals surface area contributed by atoms with Crippen LogP contribution in [-0.2, 0) is 10.9 Å². The minimum absolute atomic E-state index is 0.318. The third kappa shape index (κ3) is 2.08. The number of aliphatic imine (C=N–C) groups is 1. The molecule has 16 heavy (non-hydrogen) atoms. The van der Waals surface area contributed by atoms with Gasteiger partial charge in [-0.15, -0.1) is 0 Å². The van der Waals surface area contributed by atoms with E-state index < -0.39 is 11.7 Å². The molecule has 1 aliphatic rings. The van der Waals surface area contributed by atoms with Crippen LogP contribution in [0.15, 0.2) is 41.6 Å². The average molecular weight is 227 g/mol. The monoisotopic (exact) mass is 227 g/mol. The maximum absolute atomic E-state index is 12.3. The van der Waals surface area contributed by atoms with Gasteiger partial charge in [-0.25, -0.2) is 4.99 Å². The molecule has 5 heteroatoms. The van der Waals surface area contributed by atoms with Crippen molar-refractivity contribution in [2.24, 2.45) is 4.99 Å². The first kappa shape index (κ1) is 10.7. The minimum atomic E-state index is -4.32. The topological polar surface area (TPSA) is 21.6 Å². The number of benzene rings is 1. The van der Waals surface area contributed by atoms with Crippen molar-refractivity contribution in [3.63, 3.8) is 0 Å². The Morgan fingerprint density at radius 3 is 2.25 bits per heavy atom. The Balaban J connectivity index is 2.23. The summed E-state index contributed by atoms with van der Waals surface area (Å²) in [6, 6.07) is 4.67. The molecule has 0 spiro atoms. The molecule has 0 bridgehead atoms. The molecule has 0 aromatic heterocycles. The molecule has 84 valence electrons. The van der Waals surface area contributed by atoms with Crippen LogP contribution in [0.2, 0.25) is 0 Å². The molecular weight excluding hydrogens is 219 g/mol. The molecule has 0 unspecified atom stereocenters. The predicted octanol–water partition coefficient (Wildman–Crippen LogP) is 3.00. The molecule has 1 aromatic carbocycles. The van der Waals surface area contributed by atoms with Gasteiger partial charge >= 0.3 is 6.18 Å². The third-order valence-corrected chi connectivity index (χ3v) is 2.10. The zero-order valence-electron chi connectivity index (χ0n) is 8.21. The van der Waals surface area contributed by atoms with Gasteiger partial charge in [-0.3, -0.25) is 0 Å². The molecular formula is C11H8F3NO. The second-order valence-electron chi connectivity index (χ2n) is 3.34. The molecule has 0 aliphatic carbocycles. The van der Waals surface area contributed by atoms with Crippen LogP contribution in [0.1, 0.15) is 11.1 Å². The maximum Gasteiger partial charge on any atom is 0.416 e. The zero-order valence-corrected chi connectivity index (χ0v) is 8.21. The highest BCUT2D eigenvalue weighted by Crippen LogP contribution is 2.29. The standard InChI is InChI=1S/C11H8F3NO/c1-7-6-15-10(16-7)8-2-4-9(5-3-8)11(12,13)14/h2-5H,1,6H2. The molecule has 1 aliphatic heterocycles. The van der Waals surface area contributed by atoms with Crippen molar-refractivity contribution in [2.45, 2.75) is 6.18 Å². The Hall–Kier alpha value is -1.78. The smallest absolute Gasteiger partial charge is 0.416 e. The van der Waals surface area contributed by atoms with Crippen molar-refractivity contribution in [2.75, 3.05) is 6.54 Å². The average Bonchev–Trinajstić information content (AvgIpc) is 2.64. The molecule has 0 saturated carbocycles. The summed E-state index contributed by atoms with van der Waals surface area (Å²) in [6.45, 7) is 3.93. The number of nitrogens with zero attached hydrogens (tertiary/aromatic N) is 1. The van der Waals surface area contributed by atoms with Gasteiger partial charge in [0.25, 0.3) is 0 Å². The van der Waals surface area contributed by atoms with Crippen LogP contribution >= 0.6 is 0 Å². The zero-order chi connectivity index (χ0) is 11.8. The summed E-state index contributed by atoms with van der Waals surface area (Å²) in [5.41, 5.74) is -0.166. The number of alkyl halides is 3. The van der Waals surface area contributed by atoms with Gasteiger partial charge in [-0.05, 0) is 24.3 Å². The van der Waals surface area contributed by atoms with E-state index in [4.69, 9.17) is 4.74 Å². The van der Waals surface area contributed by atoms with Crippen molar-refractivity contribution >= 4 is 5.90 Å². The van der Waals surface area contributed by atoms with Gasteiger partial charge in [-0.1, -0.05) is 6.58 Å². The highest BCUT2D eigenvalue weighted by Gasteiger charge is 2.30. The summed E-state index contributed by atoms with van der Waals surface area (Å²) in [6.07, 6.45) is -4.32. The van der Waals surface area contributed by atoms with Crippen molar-refractivity contribution in [3.8, 4) is 0 Å². The number of hydrogen-bond donors (Lipinski definition) is 0. The first-order valence-electron chi connectivity index (χ1n) is 4.54. The van der Waals surface area contributed by atoms with E-state index in [0.29, 0.717) is 23.8 Å². The van der Waals surface area contributed by atoms with Crippen LogP contribution in [0.3, 0.4) is 0 Å². The second kappa shape index (κ2) is 3.66. The van der Waals surface area contributed by atoms with E-state index >= 15 is 0 Å². The Labute approximate surface area is 90.1 Å². The Bertz CT molecular complexity index is 445. The summed E-state index contributed by atoms with van der Waals surface area (Å²) < 4.78 is 42.0. The maximum atomic E-state index is 12.3. The summed E-state index contributed by atoms with van der Waals surface area (Å²) in [5, 5.41) is 0. The van der Waals surface area contributed by atoms with E-state index in [1.807, 2.05) is 0 Å². The lowest BCUT2D eigenvalue weighted by Crippen LogP contribution is -2.06. The summed E-state index contributed by atoms with van der Waals surface area (Å²) in [4.78, 5) is 3.99. The summed E-state index contributed by atoms with van der Waals surface area (Å²) in [7, 11) is 0. The largest absolute Gasteiger partial charge is 0.442 e. The first-order valence-corrected chi connectivity index (χ1v) is 4.54. The molecule has 0 saturated heterocycles. The summed E-state index contributed by atoms with van der Waals surface area (Å²) in [5.74, 6) is 0.814. The minimum Gasteiger partial charge on any atom is -0.442 e. The van der Waals surface area contributed by atoms with Gasteiger partial charge in [0.15, 0.2) is 0 Å². The molecule has 1 heterocycles. The Kier molecular flexibility index (Phi) is 2.46. The van der Waals surface area contributed by atoms with Crippen LogP contribution in [0.5, 0.6) is 0 Å². The predicted molar refractivity (Wildman–Crippen MR) is 53.1 cm³/mol. The lowest BCUT2D eigenvalue weighted by atomic mass is 10.1. The molecule has 0 fully saturated rings. The Morgan fingerprint density at radius 2 is 1.81 bits per heavy atom. The fourth-order valence-corrected chi connectivity index (χ4v) is 1.31. The lowest BCUT2D eigenvalue weighted by Gasteiger charge is -2.07. The van der Waals surface area contributed by atoms with Gasteiger partial charge in [0.1, 0.15) is 12.3 Å². The fraction of sp³-hybridized carbons (Fsp3) is 0.182. The van der Waals surface area contributed by atoms with E-state index in [2.05, 4.69) is 11.6 Å². The van der Waals surface area contributed by atoms with Crippen molar-refractivity contribution in [3.05, 3.63) is 47.7 Å². The van der Waals surface area contributed by atoms with E-state index in [1.165, 1.54) is 12.1 Å². The molecule has 1 aromatic rings. The highest BCUT2D eigenvalue weighted by molar-refractivity contribution is 5.96. The van der Waals surface area contributed by atoms with Crippen LogP contribution in [0, 0.1) is 0 Å². The number of halogens is 3. The lowest BCUT2D eigenvalue weighted by molar-refractivity contribution is -0.137. The van der Waals surface area contributed by atoms with E-state index in [0.717, 1.165) is 12.1 Å². The van der Waals surface area contributed by atoms with Gasteiger partial charge in [0, 0.05) is 5.56 Å². The fourth-order valence-electron chi connectivity index (χ4n) is 1.31. The molecule has 0 amide bonds. The second-order valence-corrected chi connectivity index (χ2v) is 3.34. The van der Waals surface area contributed by atoms with Gasteiger partial charge < -0.3 is 4.74 Å². The van der Waals surface area contributed by atoms with Crippen molar-refractivity contribution < 1.29 is 17.9 Å². The molecule has 0 N–H and O–H groups in total. The third-order valence-electron chi connectivity index (χ3n) is 2.10. The van der Waals surface area contributed by atoms with Gasteiger partial charge in [0.05, 0.1) is 5.56 Å². The number of ether oxygens (including phenoxy) is 1. The SMILES string of the molecule is C=C1CN=C(c2ccc(C(F)(F)F)cc2)O1. The molecule has 0 atom stereocenters. The quantitative estimate of drug-likeness (QED) is 0.722. The van der Waals surface area contributed by atoms with Crippen LogP contribution in [0.25, 0.3) is 0 Å². The van der Waals surface area contributed by atoms with Gasteiger partial charge in [-0.2, -0.15) is 13.2 Å². The van der Waals surface area contributed by atoms with Crippen molar-refractivity contribution in [1.29, 1.82) is 0 Å². The van der Waals surface area contributed by atoms with Gasteiger partial charge in [0.2, 0.25) is 5.90 Å². The highest BCUT2D eigenvalue weighted by atomic mass is 19.4. The number of hydrogen-bond acceptors (Lipinski definition) is 2.